The second-order valence-corrected chi connectivity index (χ2v) is 4.73. The Bertz CT molecular complexity index is 355. The third-order valence-corrected chi connectivity index (χ3v) is 1.72. The van der Waals surface area contributed by atoms with Gasteiger partial charge in [-0.3, -0.25) is 0 Å². The van der Waals surface area contributed by atoms with Crippen molar-refractivity contribution in [2.24, 2.45) is 5.41 Å². The first-order valence-electron chi connectivity index (χ1n) is 4.84. The number of aromatic nitrogens is 1. The molecule has 1 aromatic rings. The van der Waals surface area contributed by atoms with Crippen molar-refractivity contribution < 1.29 is 17.9 Å². The van der Waals surface area contributed by atoms with Crippen LogP contribution in [0, 0.1) is 5.41 Å². The quantitative estimate of drug-likeness (QED) is 0.779. The fourth-order valence-electron chi connectivity index (χ4n) is 0.955. The lowest BCUT2D eigenvalue weighted by atomic mass is 9.99. The predicted molar refractivity (Wildman–Crippen MR) is 54.2 cm³/mol. The van der Waals surface area contributed by atoms with Crippen molar-refractivity contribution in [2.75, 3.05) is 6.61 Å². The summed E-state index contributed by atoms with van der Waals surface area (Å²) in [4.78, 5) is 3.73. The number of alkyl halides is 3. The van der Waals surface area contributed by atoms with E-state index in [0.717, 1.165) is 18.3 Å². The monoisotopic (exact) mass is 233 g/mol. The minimum atomic E-state index is -4.36. The van der Waals surface area contributed by atoms with E-state index in [1.807, 2.05) is 20.8 Å². The zero-order valence-electron chi connectivity index (χ0n) is 9.43. The first-order valence-corrected chi connectivity index (χ1v) is 4.84. The van der Waals surface area contributed by atoms with Gasteiger partial charge < -0.3 is 4.74 Å². The molecule has 1 rings (SSSR count). The van der Waals surface area contributed by atoms with Gasteiger partial charge in [-0.1, -0.05) is 20.8 Å². The second-order valence-electron chi connectivity index (χ2n) is 4.73. The van der Waals surface area contributed by atoms with Crippen LogP contribution in [-0.4, -0.2) is 11.6 Å². The molecule has 90 valence electrons. The summed E-state index contributed by atoms with van der Waals surface area (Å²) in [5.41, 5.74) is -0.859. The van der Waals surface area contributed by atoms with E-state index in [2.05, 4.69) is 4.98 Å². The van der Waals surface area contributed by atoms with E-state index < -0.39 is 11.7 Å². The van der Waals surface area contributed by atoms with Gasteiger partial charge in [-0.2, -0.15) is 13.2 Å². The summed E-state index contributed by atoms with van der Waals surface area (Å²) in [6.07, 6.45) is -3.26. The summed E-state index contributed by atoms with van der Waals surface area (Å²) >= 11 is 0. The highest BCUT2D eigenvalue weighted by Gasteiger charge is 2.31. The van der Waals surface area contributed by atoms with Crippen molar-refractivity contribution in [3.05, 3.63) is 23.9 Å². The van der Waals surface area contributed by atoms with Crippen molar-refractivity contribution in [3.8, 4) is 5.88 Å². The molecule has 0 aliphatic heterocycles. The van der Waals surface area contributed by atoms with Crippen LogP contribution < -0.4 is 4.74 Å². The molecule has 0 fully saturated rings. The number of nitrogens with zero attached hydrogens (tertiary/aromatic N) is 1. The molecule has 1 aromatic heterocycles. The molecular weight excluding hydrogens is 219 g/mol. The van der Waals surface area contributed by atoms with Crippen LogP contribution in [0.3, 0.4) is 0 Å². The SMILES string of the molecule is CC(C)(C)COc1cc(C(F)(F)F)ccn1. The van der Waals surface area contributed by atoms with Gasteiger partial charge in [0.2, 0.25) is 5.88 Å². The second kappa shape index (κ2) is 4.31. The zero-order chi connectivity index (χ0) is 12.4. The average Bonchev–Trinajstić information content (AvgIpc) is 2.13. The van der Waals surface area contributed by atoms with Crippen molar-refractivity contribution in [1.82, 2.24) is 4.98 Å². The number of rotatable bonds is 2. The molecule has 5 heteroatoms. The minimum absolute atomic E-state index is 0.00440. The third-order valence-electron chi connectivity index (χ3n) is 1.72. The molecule has 0 aliphatic carbocycles. The average molecular weight is 233 g/mol. The predicted octanol–water partition coefficient (Wildman–Crippen LogP) is 3.53. The molecule has 0 radical (unpaired) electrons. The van der Waals surface area contributed by atoms with Crippen LogP contribution in [0.4, 0.5) is 13.2 Å². The summed E-state index contributed by atoms with van der Waals surface area (Å²) in [6, 6.07) is 1.83. The summed E-state index contributed by atoms with van der Waals surface area (Å²) in [5, 5.41) is 0. The topological polar surface area (TPSA) is 22.1 Å². The summed E-state index contributed by atoms with van der Waals surface area (Å²) < 4.78 is 42.3. The lowest BCUT2D eigenvalue weighted by Gasteiger charge is -2.18. The van der Waals surface area contributed by atoms with E-state index in [-0.39, 0.29) is 11.3 Å². The Kier molecular flexibility index (Phi) is 3.45. The van der Waals surface area contributed by atoms with E-state index in [9.17, 15) is 13.2 Å². The van der Waals surface area contributed by atoms with Gasteiger partial charge in [-0.15, -0.1) is 0 Å². The van der Waals surface area contributed by atoms with Crippen molar-refractivity contribution in [1.29, 1.82) is 0 Å². The molecule has 0 N–H and O–H groups in total. The van der Waals surface area contributed by atoms with Gasteiger partial charge in [0.05, 0.1) is 12.2 Å². The highest BCUT2D eigenvalue weighted by Crippen LogP contribution is 2.30. The van der Waals surface area contributed by atoms with Crippen molar-refractivity contribution in [2.45, 2.75) is 26.9 Å². The van der Waals surface area contributed by atoms with Gasteiger partial charge >= 0.3 is 6.18 Å². The van der Waals surface area contributed by atoms with Crippen LogP contribution in [0.5, 0.6) is 5.88 Å². The Hall–Kier alpha value is -1.26. The van der Waals surface area contributed by atoms with Gasteiger partial charge in [-0.25, -0.2) is 4.98 Å². The number of halogens is 3. The van der Waals surface area contributed by atoms with E-state index in [4.69, 9.17) is 4.74 Å². The molecule has 0 amide bonds. The fraction of sp³-hybridized carbons (Fsp3) is 0.545. The van der Waals surface area contributed by atoms with Crippen LogP contribution >= 0.6 is 0 Å². The lowest BCUT2D eigenvalue weighted by Crippen LogP contribution is -2.17. The van der Waals surface area contributed by atoms with E-state index in [0.29, 0.717) is 6.61 Å². The van der Waals surface area contributed by atoms with E-state index >= 15 is 0 Å². The fourth-order valence-corrected chi connectivity index (χ4v) is 0.955. The maximum Gasteiger partial charge on any atom is 0.416 e. The Morgan fingerprint density at radius 3 is 2.38 bits per heavy atom. The number of pyridine rings is 1. The summed E-state index contributed by atoms with van der Waals surface area (Å²) in [7, 11) is 0. The summed E-state index contributed by atoms with van der Waals surface area (Å²) in [6.45, 7) is 6.11. The molecule has 1 heterocycles. The number of hydrogen-bond donors (Lipinski definition) is 0. The normalized spacial score (nSPS) is 12.6. The highest BCUT2D eigenvalue weighted by atomic mass is 19.4. The number of ether oxygens (including phenoxy) is 1. The van der Waals surface area contributed by atoms with Gasteiger partial charge in [0, 0.05) is 12.3 Å². The van der Waals surface area contributed by atoms with Crippen LogP contribution in [0.15, 0.2) is 18.3 Å². The minimum Gasteiger partial charge on any atom is -0.477 e. The molecule has 16 heavy (non-hydrogen) atoms. The van der Waals surface area contributed by atoms with Crippen molar-refractivity contribution in [3.63, 3.8) is 0 Å². The lowest BCUT2D eigenvalue weighted by molar-refractivity contribution is -0.137. The maximum atomic E-state index is 12.4. The largest absolute Gasteiger partial charge is 0.477 e. The first-order chi connectivity index (χ1) is 7.18. The van der Waals surface area contributed by atoms with E-state index in [1.165, 1.54) is 0 Å². The molecule has 0 unspecified atom stereocenters. The molecular formula is C11H14F3NO. The van der Waals surface area contributed by atoms with Gasteiger partial charge in [0.25, 0.3) is 0 Å². The molecule has 0 atom stereocenters. The van der Waals surface area contributed by atoms with Crippen LogP contribution in [0.25, 0.3) is 0 Å². The van der Waals surface area contributed by atoms with Crippen LogP contribution in [0.2, 0.25) is 0 Å². The first kappa shape index (κ1) is 12.8. The maximum absolute atomic E-state index is 12.4. The summed E-state index contributed by atoms with van der Waals surface area (Å²) in [5.74, 6) is 0.00440. The third kappa shape index (κ3) is 4.08. The van der Waals surface area contributed by atoms with Crippen molar-refractivity contribution >= 4 is 0 Å². The smallest absolute Gasteiger partial charge is 0.416 e. The van der Waals surface area contributed by atoms with Gasteiger partial charge in [-0.05, 0) is 11.5 Å². The molecule has 0 aromatic carbocycles. The standard InChI is InChI=1S/C11H14F3NO/c1-10(2,3)7-16-9-6-8(4-5-15-9)11(12,13)14/h4-6H,7H2,1-3H3. The molecule has 0 bridgehead atoms. The molecule has 2 nitrogen and oxygen atoms in total. The van der Waals surface area contributed by atoms with Gasteiger partial charge in [0.1, 0.15) is 0 Å². The van der Waals surface area contributed by atoms with Gasteiger partial charge in [0.15, 0.2) is 0 Å². The Morgan fingerprint density at radius 1 is 1.25 bits per heavy atom. The molecule has 0 saturated carbocycles. The highest BCUT2D eigenvalue weighted by molar-refractivity contribution is 5.22. The molecule has 0 aliphatic rings. The Labute approximate surface area is 92.5 Å². The molecule has 0 saturated heterocycles. The van der Waals surface area contributed by atoms with E-state index in [1.54, 1.807) is 0 Å². The Balaban J connectivity index is 2.76. The molecule has 0 spiro atoms. The Morgan fingerprint density at radius 2 is 1.88 bits per heavy atom. The zero-order valence-corrected chi connectivity index (χ0v) is 9.43. The van der Waals surface area contributed by atoms with Crippen LogP contribution in [-0.2, 0) is 6.18 Å². The number of hydrogen-bond acceptors (Lipinski definition) is 2. The van der Waals surface area contributed by atoms with Crippen LogP contribution in [0.1, 0.15) is 26.3 Å².